The summed E-state index contributed by atoms with van der Waals surface area (Å²) in [4.78, 5) is 38.7. The van der Waals surface area contributed by atoms with Gasteiger partial charge < -0.3 is 15.4 Å². The van der Waals surface area contributed by atoms with Crippen LogP contribution in [0, 0.1) is 19.8 Å². The molecule has 0 saturated carbocycles. The summed E-state index contributed by atoms with van der Waals surface area (Å²) in [5.74, 6) is -0.883. The van der Waals surface area contributed by atoms with E-state index in [0.717, 1.165) is 36.2 Å². The van der Waals surface area contributed by atoms with Crippen molar-refractivity contribution >= 4 is 23.5 Å². The van der Waals surface area contributed by atoms with Crippen LogP contribution in [0.5, 0.6) is 0 Å². The van der Waals surface area contributed by atoms with Crippen molar-refractivity contribution < 1.29 is 19.1 Å². The van der Waals surface area contributed by atoms with Crippen LogP contribution < -0.4 is 10.6 Å². The van der Waals surface area contributed by atoms with Gasteiger partial charge in [-0.2, -0.15) is 0 Å². The number of aryl methyl sites for hydroxylation is 2. The van der Waals surface area contributed by atoms with Gasteiger partial charge >= 0.3 is 5.97 Å². The molecule has 1 aromatic carbocycles. The van der Waals surface area contributed by atoms with Gasteiger partial charge in [0.25, 0.3) is 0 Å². The molecule has 154 valence electrons. The second kappa shape index (κ2) is 10.2. The molecule has 0 aromatic heterocycles. The van der Waals surface area contributed by atoms with Crippen LogP contribution in [0.15, 0.2) is 18.2 Å². The summed E-state index contributed by atoms with van der Waals surface area (Å²) in [6, 6.07) is 5.38. The van der Waals surface area contributed by atoms with E-state index in [1.165, 1.54) is 0 Å². The molecule has 2 amide bonds. The lowest BCUT2D eigenvalue weighted by atomic mass is 9.97. The van der Waals surface area contributed by atoms with Gasteiger partial charge in [-0.05, 0) is 58.2 Å². The molecule has 2 atom stereocenters. The Hall–Kier alpha value is -2.41. The third-order valence-corrected chi connectivity index (χ3v) is 5.17. The van der Waals surface area contributed by atoms with Gasteiger partial charge in [0.1, 0.15) is 0 Å². The van der Waals surface area contributed by atoms with Crippen LogP contribution in [0.3, 0.4) is 0 Å². The molecule has 1 aliphatic heterocycles. The molecule has 2 unspecified atom stereocenters. The SMILES string of the molecule is CCOC(=O)C1CCCN(C(C)C(=O)NCC(=O)Nc2c(C)cccc2C)C1. The van der Waals surface area contributed by atoms with E-state index in [1.807, 2.05) is 36.9 Å². The Bertz CT molecular complexity index is 699. The molecule has 1 heterocycles. The zero-order valence-electron chi connectivity index (χ0n) is 17.2. The lowest BCUT2D eigenvalue weighted by molar-refractivity contribution is -0.151. The van der Waals surface area contributed by atoms with Crippen LogP contribution in [0.25, 0.3) is 0 Å². The van der Waals surface area contributed by atoms with Crippen molar-refractivity contribution in [1.29, 1.82) is 0 Å². The van der Waals surface area contributed by atoms with E-state index in [9.17, 15) is 14.4 Å². The second-order valence-corrected chi connectivity index (χ2v) is 7.29. The summed E-state index contributed by atoms with van der Waals surface area (Å²) in [6.07, 6.45) is 1.62. The highest BCUT2D eigenvalue weighted by Crippen LogP contribution is 2.20. The fraction of sp³-hybridized carbons (Fsp3) is 0.571. The zero-order valence-corrected chi connectivity index (χ0v) is 17.2. The number of rotatable bonds is 7. The number of esters is 1. The number of hydrogen-bond donors (Lipinski definition) is 2. The Morgan fingerprint density at radius 3 is 2.57 bits per heavy atom. The highest BCUT2D eigenvalue weighted by Gasteiger charge is 2.31. The smallest absolute Gasteiger partial charge is 0.310 e. The molecule has 28 heavy (non-hydrogen) atoms. The summed E-state index contributed by atoms with van der Waals surface area (Å²) < 4.78 is 5.11. The number of nitrogens with one attached hydrogen (secondary N) is 2. The van der Waals surface area contributed by atoms with Gasteiger partial charge in [-0.25, -0.2) is 0 Å². The molecule has 0 bridgehead atoms. The minimum Gasteiger partial charge on any atom is -0.466 e. The molecular formula is C21H31N3O4. The molecule has 0 radical (unpaired) electrons. The number of carbonyl (C=O) groups is 3. The Morgan fingerprint density at radius 2 is 1.93 bits per heavy atom. The van der Waals surface area contributed by atoms with Crippen LogP contribution in [0.1, 0.15) is 37.8 Å². The Kier molecular flexibility index (Phi) is 7.99. The number of carbonyl (C=O) groups excluding carboxylic acids is 3. The average molecular weight is 389 g/mol. The van der Waals surface area contributed by atoms with Gasteiger partial charge in [-0.15, -0.1) is 0 Å². The first-order chi connectivity index (χ1) is 13.3. The number of benzene rings is 1. The summed E-state index contributed by atoms with van der Waals surface area (Å²) in [7, 11) is 0. The number of hydrogen-bond acceptors (Lipinski definition) is 5. The van der Waals surface area contributed by atoms with Gasteiger partial charge in [0.15, 0.2) is 0 Å². The zero-order chi connectivity index (χ0) is 20.7. The first-order valence-electron chi connectivity index (χ1n) is 9.88. The van der Waals surface area contributed by atoms with Crippen molar-refractivity contribution in [2.24, 2.45) is 5.92 Å². The van der Waals surface area contributed by atoms with Crippen molar-refractivity contribution in [3.63, 3.8) is 0 Å². The van der Waals surface area contributed by atoms with E-state index in [0.29, 0.717) is 13.2 Å². The average Bonchev–Trinajstić information content (AvgIpc) is 2.68. The quantitative estimate of drug-likeness (QED) is 0.697. The molecule has 0 spiro atoms. The highest BCUT2D eigenvalue weighted by atomic mass is 16.5. The standard InChI is InChI=1S/C21H31N3O4/c1-5-28-21(27)17-10-7-11-24(13-17)16(4)20(26)22-12-18(25)23-19-14(2)8-6-9-15(19)3/h6,8-9,16-17H,5,7,10-13H2,1-4H3,(H,22,26)(H,23,25). The maximum Gasteiger partial charge on any atom is 0.310 e. The molecule has 1 aliphatic rings. The van der Waals surface area contributed by atoms with Gasteiger partial charge in [-0.1, -0.05) is 18.2 Å². The molecule has 2 N–H and O–H groups in total. The molecule has 7 nitrogen and oxygen atoms in total. The highest BCUT2D eigenvalue weighted by molar-refractivity contribution is 5.96. The van der Waals surface area contributed by atoms with Crippen molar-refractivity contribution in [3.05, 3.63) is 29.3 Å². The third-order valence-electron chi connectivity index (χ3n) is 5.17. The van der Waals surface area contributed by atoms with E-state index >= 15 is 0 Å². The molecule has 1 aromatic rings. The van der Waals surface area contributed by atoms with Gasteiger partial charge in [-0.3, -0.25) is 19.3 Å². The maximum absolute atomic E-state index is 12.5. The predicted octanol–water partition coefficient (Wildman–Crippen LogP) is 2.02. The Morgan fingerprint density at radius 1 is 1.25 bits per heavy atom. The second-order valence-electron chi connectivity index (χ2n) is 7.29. The molecule has 1 saturated heterocycles. The monoisotopic (exact) mass is 389 g/mol. The lowest BCUT2D eigenvalue weighted by Crippen LogP contribution is -2.51. The largest absolute Gasteiger partial charge is 0.466 e. The molecule has 1 fully saturated rings. The molecule has 2 rings (SSSR count). The van der Waals surface area contributed by atoms with Gasteiger partial charge in [0.05, 0.1) is 25.1 Å². The Balaban J connectivity index is 1.85. The van der Waals surface area contributed by atoms with E-state index in [1.54, 1.807) is 13.8 Å². The fourth-order valence-corrected chi connectivity index (χ4v) is 3.49. The fourth-order valence-electron chi connectivity index (χ4n) is 3.49. The number of piperidine rings is 1. The molecular weight excluding hydrogens is 358 g/mol. The first kappa shape index (κ1) is 21.9. The van der Waals surface area contributed by atoms with Crippen molar-refractivity contribution in [2.75, 3.05) is 31.6 Å². The van der Waals surface area contributed by atoms with E-state index < -0.39 is 6.04 Å². The summed E-state index contributed by atoms with van der Waals surface area (Å²) in [5.41, 5.74) is 2.74. The van der Waals surface area contributed by atoms with Crippen molar-refractivity contribution in [1.82, 2.24) is 10.2 Å². The molecule has 7 heteroatoms. The van der Waals surface area contributed by atoms with Crippen LogP contribution in [0.4, 0.5) is 5.69 Å². The number of anilines is 1. The number of nitrogens with zero attached hydrogens (tertiary/aromatic N) is 1. The van der Waals surface area contributed by atoms with Crippen molar-refractivity contribution in [2.45, 2.75) is 46.6 Å². The van der Waals surface area contributed by atoms with Crippen LogP contribution in [-0.2, 0) is 19.1 Å². The van der Waals surface area contributed by atoms with E-state index in [4.69, 9.17) is 4.74 Å². The van der Waals surface area contributed by atoms with E-state index in [-0.39, 0.29) is 30.2 Å². The summed E-state index contributed by atoms with van der Waals surface area (Å²) in [6.45, 7) is 8.97. The van der Waals surface area contributed by atoms with Crippen LogP contribution in [0.2, 0.25) is 0 Å². The Labute approximate surface area is 166 Å². The van der Waals surface area contributed by atoms with Gasteiger partial charge in [0, 0.05) is 12.2 Å². The number of ether oxygens (including phenoxy) is 1. The van der Waals surface area contributed by atoms with Crippen molar-refractivity contribution in [3.8, 4) is 0 Å². The lowest BCUT2D eigenvalue weighted by Gasteiger charge is -2.35. The van der Waals surface area contributed by atoms with E-state index in [2.05, 4.69) is 10.6 Å². The summed E-state index contributed by atoms with van der Waals surface area (Å²) >= 11 is 0. The topological polar surface area (TPSA) is 87.7 Å². The number of para-hydroxylation sites is 1. The summed E-state index contributed by atoms with van der Waals surface area (Å²) in [5, 5.41) is 5.56. The number of likely N-dealkylation sites (tertiary alicyclic amines) is 1. The number of amides is 2. The molecule has 0 aliphatic carbocycles. The normalized spacial score (nSPS) is 18.2. The first-order valence-corrected chi connectivity index (χ1v) is 9.88. The predicted molar refractivity (Wildman–Crippen MR) is 108 cm³/mol. The minimum atomic E-state index is -0.412. The van der Waals surface area contributed by atoms with Crippen LogP contribution in [-0.4, -0.2) is 55.0 Å². The maximum atomic E-state index is 12.5. The van der Waals surface area contributed by atoms with Gasteiger partial charge in [0.2, 0.25) is 11.8 Å². The minimum absolute atomic E-state index is 0.0912. The third kappa shape index (κ3) is 5.79. The van der Waals surface area contributed by atoms with Crippen LogP contribution >= 0.6 is 0 Å².